The predicted molar refractivity (Wildman–Crippen MR) is 78.1 cm³/mol. The molecule has 0 aliphatic carbocycles. The summed E-state index contributed by atoms with van der Waals surface area (Å²) >= 11 is 0. The summed E-state index contributed by atoms with van der Waals surface area (Å²) in [5.41, 5.74) is 2.35. The molecule has 18 heavy (non-hydrogen) atoms. The second-order valence-electron chi connectivity index (χ2n) is 4.91. The van der Waals surface area contributed by atoms with E-state index in [2.05, 4.69) is 60.3 Å². The molecule has 0 radical (unpaired) electrons. The Morgan fingerprint density at radius 3 is 2.67 bits per heavy atom. The van der Waals surface area contributed by atoms with E-state index in [0.717, 1.165) is 38.3 Å². The maximum absolute atomic E-state index is 4.39. The second kappa shape index (κ2) is 8.06. The van der Waals surface area contributed by atoms with Crippen LogP contribution in [0.15, 0.2) is 18.3 Å². The number of hydrogen-bond donors (Lipinski definition) is 1. The number of nitrogens with one attached hydrogen (secondary N) is 1. The number of rotatable bonds is 8. The molecule has 0 bridgehead atoms. The van der Waals surface area contributed by atoms with E-state index in [-0.39, 0.29) is 0 Å². The summed E-state index contributed by atoms with van der Waals surface area (Å²) in [5.74, 6) is 0. The number of likely N-dealkylation sites (N-methyl/N-ethyl adjacent to an activating group) is 2. The maximum atomic E-state index is 4.39. The summed E-state index contributed by atoms with van der Waals surface area (Å²) in [6.07, 6.45) is 3.05. The zero-order chi connectivity index (χ0) is 13.4. The molecule has 1 rings (SSSR count). The van der Waals surface area contributed by atoms with Crippen molar-refractivity contribution in [3.05, 3.63) is 24.0 Å². The molecule has 102 valence electrons. The molecule has 0 amide bonds. The van der Waals surface area contributed by atoms with Crippen molar-refractivity contribution < 1.29 is 0 Å². The van der Waals surface area contributed by atoms with Gasteiger partial charge in [-0.05, 0) is 39.2 Å². The van der Waals surface area contributed by atoms with Crippen LogP contribution in [0.4, 0.5) is 5.69 Å². The van der Waals surface area contributed by atoms with Gasteiger partial charge in [-0.3, -0.25) is 4.98 Å². The molecule has 1 heterocycles. The molecular weight excluding hydrogens is 224 g/mol. The van der Waals surface area contributed by atoms with Crippen molar-refractivity contribution in [2.24, 2.45) is 0 Å². The molecule has 1 aromatic heterocycles. The van der Waals surface area contributed by atoms with Crippen LogP contribution in [0.3, 0.4) is 0 Å². The van der Waals surface area contributed by atoms with Crippen LogP contribution >= 0.6 is 0 Å². The zero-order valence-corrected chi connectivity index (χ0v) is 12.1. The van der Waals surface area contributed by atoms with Gasteiger partial charge in [0.25, 0.3) is 0 Å². The molecule has 0 saturated carbocycles. The van der Waals surface area contributed by atoms with Crippen molar-refractivity contribution >= 4 is 5.69 Å². The normalized spacial score (nSPS) is 10.9. The summed E-state index contributed by atoms with van der Waals surface area (Å²) in [4.78, 5) is 8.85. The maximum Gasteiger partial charge on any atom is 0.0562 e. The number of nitrogens with zero attached hydrogens (tertiary/aromatic N) is 3. The fourth-order valence-electron chi connectivity index (χ4n) is 1.67. The third-order valence-corrected chi connectivity index (χ3v) is 2.86. The third-order valence-electron chi connectivity index (χ3n) is 2.86. The Morgan fingerprint density at radius 1 is 1.22 bits per heavy atom. The van der Waals surface area contributed by atoms with E-state index < -0.39 is 0 Å². The average Bonchev–Trinajstić information content (AvgIpc) is 2.36. The molecule has 0 spiro atoms. The Morgan fingerprint density at radius 2 is 2.00 bits per heavy atom. The standard InChI is InChI=1S/C14H26N4/c1-5-7-15-12-13-11-14(6-8-16-13)18(4)10-9-17(2)3/h6,8,11,15H,5,7,9-10,12H2,1-4H3. The molecular formula is C14H26N4. The molecule has 1 aromatic rings. The van der Waals surface area contributed by atoms with Crippen LogP contribution in [0.25, 0.3) is 0 Å². The zero-order valence-electron chi connectivity index (χ0n) is 12.1. The first-order valence-electron chi connectivity index (χ1n) is 6.65. The highest BCUT2D eigenvalue weighted by Gasteiger charge is 2.03. The number of anilines is 1. The largest absolute Gasteiger partial charge is 0.373 e. The van der Waals surface area contributed by atoms with Gasteiger partial charge < -0.3 is 15.1 Å². The highest BCUT2D eigenvalue weighted by molar-refractivity contribution is 5.45. The Labute approximate surface area is 111 Å². The van der Waals surface area contributed by atoms with Crippen LogP contribution in [0.2, 0.25) is 0 Å². The molecule has 4 heteroatoms. The van der Waals surface area contributed by atoms with Crippen LogP contribution in [-0.4, -0.2) is 50.7 Å². The lowest BCUT2D eigenvalue weighted by Gasteiger charge is -2.21. The third kappa shape index (κ3) is 5.47. The number of aromatic nitrogens is 1. The van der Waals surface area contributed by atoms with Gasteiger partial charge in [0.2, 0.25) is 0 Å². The topological polar surface area (TPSA) is 31.4 Å². The fourth-order valence-corrected chi connectivity index (χ4v) is 1.67. The van der Waals surface area contributed by atoms with Gasteiger partial charge >= 0.3 is 0 Å². The van der Waals surface area contributed by atoms with Crippen molar-refractivity contribution in [1.29, 1.82) is 0 Å². The first-order valence-corrected chi connectivity index (χ1v) is 6.65. The molecule has 0 unspecified atom stereocenters. The molecule has 0 aliphatic rings. The van der Waals surface area contributed by atoms with Gasteiger partial charge in [-0.1, -0.05) is 6.92 Å². The van der Waals surface area contributed by atoms with Gasteiger partial charge in [-0.15, -0.1) is 0 Å². The van der Waals surface area contributed by atoms with Crippen molar-refractivity contribution in [3.63, 3.8) is 0 Å². The van der Waals surface area contributed by atoms with Crippen LogP contribution in [0.5, 0.6) is 0 Å². The van der Waals surface area contributed by atoms with E-state index in [1.807, 2.05) is 6.20 Å². The van der Waals surface area contributed by atoms with E-state index in [1.165, 1.54) is 5.69 Å². The molecule has 0 fully saturated rings. The van der Waals surface area contributed by atoms with Gasteiger partial charge in [0.15, 0.2) is 0 Å². The summed E-state index contributed by atoms with van der Waals surface area (Å²) < 4.78 is 0. The SMILES string of the molecule is CCCNCc1cc(N(C)CCN(C)C)ccn1. The monoisotopic (exact) mass is 250 g/mol. The molecule has 1 N–H and O–H groups in total. The summed E-state index contributed by atoms with van der Waals surface area (Å²) in [7, 11) is 6.32. The van der Waals surface area contributed by atoms with Crippen LogP contribution in [0.1, 0.15) is 19.0 Å². The van der Waals surface area contributed by atoms with Gasteiger partial charge in [0.1, 0.15) is 0 Å². The Bertz CT molecular complexity index is 338. The van der Waals surface area contributed by atoms with Crippen LogP contribution in [0, 0.1) is 0 Å². The van der Waals surface area contributed by atoms with Gasteiger partial charge in [0.05, 0.1) is 5.69 Å². The predicted octanol–water partition coefficient (Wildman–Crippen LogP) is 1.58. The van der Waals surface area contributed by atoms with Crippen molar-refractivity contribution in [2.75, 3.05) is 45.7 Å². The molecule has 0 aliphatic heterocycles. The summed E-state index contributed by atoms with van der Waals surface area (Å²) in [6, 6.07) is 4.23. The van der Waals surface area contributed by atoms with Crippen LogP contribution in [-0.2, 0) is 6.54 Å². The van der Waals surface area contributed by atoms with Crippen molar-refractivity contribution in [1.82, 2.24) is 15.2 Å². The van der Waals surface area contributed by atoms with E-state index >= 15 is 0 Å². The van der Waals surface area contributed by atoms with Gasteiger partial charge in [-0.25, -0.2) is 0 Å². The van der Waals surface area contributed by atoms with E-state index in [9.17, 15) is 0 Å². The van der Waals surface area contributed by atoms with E-state index in [4.69, 9.17) is 0 Å². The average molecular weight is 250 g/mol. The Balaban J connectivity index is 2.52. The Hall–Kier alpha value is -1.13. The molecule has 0 saturated heterocycles. The number of pyridine rings is 1. The molecule has 4 nitrogen and oxygen atoms in total. The Kier molecular flexibility index (Phi) is 6.68. The smallest absolute Gasteiger partial charge is 0.0562 e. The minimum Gasteiger partial charge on any atom is -0.373 e. The molecule has 0 atom stereocenters. The first-order chi connectivity index (χ1) is 8.63. The van der Waals surface area contributed by atoms with Crippen molar-refractivity contribution in [3.8, 4) is 0 Å². The quantitative estimate of drug-likeness (QED) is 0.710. The van der Waals surface area contributed by atoms with Gasteiger partial charge in [-0.2, -0.15) is 0 Å². The minimum absolute atomic E-state index is 0.850. The highest BCUT2D eigenvalue weighted by Crippen LogP contribution is 2.12. The summed E-state index contributed by atoms with van der Waals surface area (Å²) in [6.45, 7) is 6.15. The highest BCUT2D eigenvalue weighted by atomic mass is 15.2. The van der Waals surface area contributed by atoms with E-state index in [0.29, 0.717) is 0 Å². The van der Waals surface area contributed by atoms with Crippen LogP contribution < -0.4 is 10.2 Å². The first kappa shape index (κ1) is 14.9. The lowest BCUT2D eigenvalue weighted by atomic mass is 10.3. The second-order valence-corrected chi connectivity index (χ2v) is 4.91. The molecule has 0 aromatic carbocycles. The van der Waals surface area contributed by atoms with Gasteiger partial charge in [0, 0.05) is 38.6 Å². The minimum atomic E-state index is 0.850. The fraction of sp³-hybridized carbons (Fsp3) is 0.643. The number of hydrogen-bond acceptors (Lipinski definition) is 4. The van der Waals surface area contributed by atoms with Crippen molar-refractivity contribution in [2.45, 2.75) is 19.9 Å². The summed E-state index contributed by atoms with van der Waals surface area (Å²) in [5, 5.41) is 3.38. The lowest BCUT2D eigenvalue weighted by molar-refractivity contribution is 0.416. The lowest BCUT2D eigenvalue weighted by Crippen LogP contribution is -2.28. The van der Waals surface area contributed by atoms with E-state index in [1.54, 1.807) is 0 Å².